The molecule has 0 aliphatic heterocycles. The van der Waals surface area contributed by atoms with Crippen LogP contribution in [0.5, 0.6) is 0 Å². The number of hydrogen-bond donors (Lipinski definition) is 0. The van der Waals surface area contributed by atoms with Gasteiger partial charge in [-0.2, -0.15) is 0 Å². The third-order valence-corrected chi connectivity index (χ3v) is 13.1. The first-order chi connectivity index (χ1) is 39.6. The molecule has 0 N–H and O–H groups in total. The molecule has 81 heavy (non-hydrogen) atoms. The highest BCUT2D eigenvalue weighted by molar-refractivity contribution is 5.70. The first kappa shape index (κ1) is 76.2. The van der Waals surface area contributed by atoms with Gasteiger partial charge in [0.15, 0.2) is 12.4 Å². The van der Waals surface area contributed by atoms with Gasteiger partial charge in [-0.05, 0) is 116 Å². The SMILES string of the molecule is CC/C=C\C/C=C\C/C=C\C/C=C\C/C=C\C/C=C\C/C=C\C/C=C\CCCCCCCCCCCCCCCCCCC(=O)OC(COC(=O)CCCC/C=C\C/C=C\C/C=C\C/C=C\CC)COC(OCC[N+](C)(C)C)C(=O)[O-]. The highest BCUT2D eigenvalue weighted by Crippen LogP contribution is 2.16. The van der Waals surface area contributed by atoms with E-state index in [0.29, 0.717) is 23.9 Å². The summed E-state index contributed by atoms with van der Waals surface area (Å²) in [4.78, 5) is 37.3. The lowest BCUT2D eigenvalue weighted by atomic mass is 10.0. The molecule has 0 aliphatic carbocycles. The minimum absolute atomic E-state index is 0.135. The predicted octanol–water partition coefficient (Wildman–Crippen LogP) is 18.2. The third-order valence-electron chi connectivity index (χ3n) is 13.1. The van der Waals surface area contributed by atoms with Crippen molar-refractivity contribution < 1.29 is 42.9 Å². The molecule has 0 saturated heterocycles. The highest BCUT2D eigenvalue weighted by Gasteiger charge is 2.22. The van der Waals surface area contributed by atoms with E-state index in [-0.39, 0.29) is 32.7 Å². The molecule has 9 heteroatoms. The number of allylic oxidation sites excluding steroid dienone is 24. The molecule has 458 valence electrons. The van der Waals surface area contributed by atoms with Gasteiger partial charge in [0.2, 0.25) is 0 Å². The largest absolute Gasteiger partial charge is 0.545 e. The number of carboxylic acid groups (broad SMARTS) is 1. The quantitative estimate of drug-likeness (QED) is 0.0195. The van der Waals surface area contributed by atoms with Crippen molar-refractivity contribution in [3.05, 3.63) is 146 Å². The van der Waals surface area contributed by atoms with Crippen LogP contribution in [0.25, 0.3) is 0 Å². The maximum atomic E-state index is 12.9. The summed E-state index contributed by atoms with van der Waals surface area (Å²) < 4.78 is 22.6. The molecule has 0 aromatic rings. The minimum Gasteiger partial charge on any atom is -0.545 e. The molecule has 0 bridgehead atoms. The number of esters is 2. The predicted molar refractivity (Wildman–Crippen MR) is 342 cm³/mol. The maximum absolute atomic E-state index is 12.9. The smallest absolute Gasteiger partial charge is 0.306 e. The van der Waals surface area contributed by atoms with Crippen molar-refractivity contribution >= 4 is 17.9 Å². The number of aliphatic carboxylic acids is 1. The van der Waals surface area contributed by atoms with Crippen molar-refractivity contribution in [1.29, 1.82) is 0 Å². The Morgan fingerprint density at radius 1 is 0.370 bits per heavy atom. The number of rotatable bonds is 57. The molecule has 2 unspecified atom stereocenters. The summed E-state index contributed by atoms with van der Waals surface area (Å²) in [5.41, 5.74) is 0. The Labute approximate surface area is 496 Å². The number of ether oxygens (including phenoxy) is 4. The number of nitrogens with zero attached hydrogens (tertiary/aromatic N) is 1. The van der Waals surface area contributed by atoms with Crippen molar-refractivity contribution in [2.75, 3.05) is 47.5 Å². The van der Waals surface area contributed by atoms with Crippen LogP contribution in [-0.2, 0) is 33.3 Å². The van der Waals surface area contributed by atoms with Crippen molar-refractivity contribution in [2.45, 2.75) is 245 Å². The van der Waals surface area contributed by atoms with E-state index in [0.717, 1.165) is 109 Å². The van der Waals surface area contributed by atoms with Gasteiger partial charge in [0.05, 0.1) is 40.3 Å². The minimum atomic E-state index is -1.64. The van der Waals surface area contributed by atoms with Crippen LogP contribution in [0.3, 0.4) is 0 Å². The summed E-state index contributed by atoms with van der Waals surface area (Å²) in [5.74, 6) is -2.35. The number of carbonyl (C=O) groups excluding carboxylic acids is 3. The van der Waals surface area contributed by atoms with E-state index in [4.69, 9.17) is 18.9 Å². The molecule has 0 saturated carbocycles. The van der Waals surface area contributed by atoms with Crippen LogP contribution in [0.4, 0.5) is 0 Å². The second-order valence-corrected chi connectivity index (χ2v) is 21.9. The molecule has 0 fully saturated rings. The van der Waals surface area contributed by atoms with Crippen LogP contribution < -0.4 is 5.11 Å². The number of likely N-dealkylation sites (N-methyl/N-ethyl adjacent to an activating group) is 1. The molecule has 0 heterocycles. The third kappa shape index (κ3) is 62.6. The van der Waals surface area contributed by atoms with Gasteiger partial charge in [-0.1, -0.05) is 250 Å². The number of carbonyl (C=O) groups is 3. The van der Waals surface area contributed by atoms with Crippen LogP contribution in [-0.4, -0.2) is 82.3 Å². The molecule has 0 aromatic carbocycles. The normalized spacial score (nSPS) is 13.7. The molecule has 0 aromatic heterocycles. The average molecular weight is 1120 g/mol. The maximum Gasteiger partial charge on any atom is 0.306 e. The summed E-state index contributed by atoms with van der Waals surface area (Å²) in [6.45, 7) is 4.45. The van der Waals surface area contributed by atoms with E-state index in [9.17, 15) is 19.5 Å². The molecule has 2 atom stereocenters. The van der Waals surface area contributed by atoms with Crippen molar-refractivity contribution in [3.8, 4) is 0 Å². The Balaban J connectivity index is 4.08. The zero-order chi connectivity index (χ0) is 59.1. The number of unbranched alkanes of at least 4 members (excludes halogenated alkanes) is 18. The van der Waals surface area contributed by atoms with E-state index >= 15 is 0 Å². The van der Waals surface area contributed by atoms with E-state index < -0.39 is 30.3 Å². The fourth-order valence-electron chi connectivity index (χ4n) is 8.25. The first-order valence-electron chi connectivity index (χ1n) is 32.0. The van der Waals surface area contributed by atoms with E-state index in [1.165, 1.54) is 83.5 Å². The van der Waals surface area contributed by atoms with Gasteiger partial charge in [0.1, 0.15) is 13.2 Å². The van der Waals surface area contributed by atoms with Gasteiger partial charge < -0.3 is 33.3 Å². The zero-order valence-corrected chi connectivity index (χ0v) is 52.1. The van der Waals surface area contributed by atoms with E-state index in [1.54, 1.807) is 0 Å². The number of hydrogen-bond acceptors (Lipinski definition) is 8. The standard InChI is InChI=1S/C72H117NO8/c1-6-8-10-12-14-16-18-20-22-23-24-25-26-27-28-29-30-31-32-33-34-35-36-37-38-39-40-41-42-43-44-45-46-47-49-51-53-55-57-59-61-63-70(75)81-68(67-80-72(71(76)77)78-65-64-73(3,4)5)66-79-69(74)62-60-58-56-54-52-50-48-21-19-17-15-13-11-9-7-2/h8-11,14-17,20-22,24-25,27-28,30-31,33-34,36-37,48,52,54,68,72H,6-7,12-13,18-19,23,26,29,32,35,38-47,49-51,53,55-67H2,1-5H3/b10-8-,11-9-,16-14-,17-15-,22-20-,25-24-,28-27-,31-30-,34-33-,37-36-,48-21-,54-52-. The lowest BCUT2D eigenvalue weighted by Crippen LogP contribution is -2.44. The Bertz CT molecular complexity index is 1840. The monoisotopic (exact) mass is 1120 g/mol. The van der Waals surface area contributed by atoms with E-state index in [2.05, 4.69) is 160 Å². The second kappa shape index (κ2) is 61.2. The van der Waals surface area contributed by atoms with Crippen molar-refractivity contribution in [1.82, 2.24) is 0 Å². The van der Waals surface area contributed by atoms with Crippen molar-refractivity contribution in [3.63, 3.8) is 0 Å². The molecule has 0 spiro atoms. The summed E-state index contributed by atoms with van der Waals surface area (Å²) in [6, 6.07) is 0. The van der Waals surface area contributed by atoms with E-state index in [1.807, 2.05) is 21.1 Å². The van der Waals surface area contributed by atoms with Gasteiger partial charge >= 0.3 is 11.9 Å². The number of carboxylic acids is 1. The highest BCUT2D eigenvalue weighted by atomic mass is 16.7. The van der Waals surface area contributed by atoms with Crippen LogP contribution >= 0.6 is 0 Å². The molecule has 0 radical (unpaired) electrons. The summed E-state index contributed by atoms with van der Waals surface area (Å²) in [5, 5.41) is 11.8. The van der Waals surface area contributed by atoms with Crippen LogP contribution in [0, 0.1) is 0 Å². The molecule has 9 nitrogen and oxygen atoms in total. The fourth-order valence-corrected chi connectivity index (χ4v) is 8.25. The fraction of sp³-hybridized carbons (Fsp3) is 0.625. The molecule has 0 amide bonds. The molecular weight excluding hydrogens is 1010 g/mol. The lowest BCUT2D eigenvalue weighted by molar-refractivity contribution is -0.870. The second-order valence-electron chi connectivity index (χ2n) is 21.9. The zero-order valence-electron chi connectivity index (χ0n) is 52.1. The van der Waals surface area contributed by atoms with Gasteiger partial charge in [0.25, 0.3) is 0 Å². The van der Waals surface area contributed by atoms with Gasteiger partial charge in [-0.3, -0.25) is 9.59 Å². The van der Waals surface area contributed by atoms with Gasteiger partial charge in [-0.25, -0.2) is 0 Å². The Morgan fingerprint density at radius 2 is 0.667 bits per heavy atom. The van der Waals surface area contributed by atoms with Crippen LogP contribution in [0.1, 0.15) is 232 Å². The van der Waals surface area contributed by atoms with Crippen molar-refractivity contribution in [2.24, 2.45) is 0 Å². The molecule has 0 aliphatic rings. The Kier molecular flexibility index (Phi) is 57.6. The number of quaternary nitrogens is 1. The Morgan fingerprint density at radius 3 is 1.01 bits per heavy atom. The summed E-state index contributed by atoms with van der Waals surface area (Å²) in [6.07, 6.45) is 86.5. The summed E-state index contributed by atoms with van der Waals surface area (Å²) in [7, 11) is 5.90. The van der Waals surface area contributed by atoms with Gasteiger partial charge in [0, 0.05) is 12.8 Å². The Hall–Kier alpha value is -4.83. The molecular formula is C72H117NO8. The summed E-state index contributed by atoms with van der Waals surface area (Å²) >= 11 is 0. The topological polar surface area (TPSA) is 111 Å². The first-order valence-corrected chi connectivity index (χ1v) is 32.0. The van der Waals surface area contributed by atoms with Crippen LogP contribution in [0.2, 0.25) is 0 Å². The van der Waals surface area contributed by atoms with Gasteiger partial charge in [-0.15, -0.1) is 0 Å². The molecule has 0 rings (SSSR count). The average Bonchev–Trinajstić information content (AvgIpc) is 3.44. The van der Waals surface area contributed by atoms with Crippen LogP contribution in [0.15, 0.2) is 146 Å². The lowest BCUT2D eigenvalue weighted by Gasteiger charge is -2.26.